The van der Waals surface area contributed by atoms with Crippen LogP contribution in [-0.4, -0.2) is 39.9 Å². The monoisotopic (exact) mass is 455 g/mol. The Bertz CT molecular complexity index is 457. The second-order valence-corrected chi connectivity index (χ2v) is 18.9. The number of nitrogens with zero attached hydrogens (tertiary/aromatic N) is 4. The van der Waals surface area contributed by atoms with Crippen molar-refractivity contribution in [3.63, 3.8) is 0 Å². The number of hydrogen-bond acceptors (Lipinski definition) is 7. The zero-order valence-electron chi connectivity index (χ0n) is 19.2. The second kappa shape index (κ2) is 7.54. The molecular formula is C16H41N7P4. The lowest BCUT2D eigenvalue weighted by molar-refractivity contribution is 0.270. The van der Waals surface area contributed by atoms with E-state index in [9.17, 15) is 0 Å². The van der Waals surface area contributed by atoms with Crippen LogP contribution in [0.4, 0.5) is 0 Å². The van der Waals surface area contributed by atoms with E-state index in [2.05, 4.69) is 106 Å². The molecule has 0 radical (unpaired) electrons. The van der Waals surface area contributed by atoms with Gasteiger partial charge in [-0.05, 0) is 83.1 Å². The SMILES string of the molecule is CC(C)(C)N1P(N)N(C(C)(C)C)P1NP1N(C(C)(C)C)P(N)N1C(C)(C)C. The van der Waals surface area contributed by atoms with E-state index in [-0.39, 0.29) is 22.2 Å². The highest BCUT2D eigenvalue weighted by atomic mass is 31.3. The van der Waals surface area contributed by atoms with E-state index in [1.54, 1.807) is 0 Å². The molecule has 0 aromatic rings. The highest BCUT2D eigenvalue weighted by molar-refractivity contribution is 7.89. The van der Waals surface area contributed by atoms with Gasteiger partial charge in [0.15, 0.2) is 0 Å². The third-order valence-electron chi connectivity index (χ3n) is 4.07. The first-order valence-corrected chi connectivity index (χ1v) is 14.6. The summed E-state index contributed by atoms with van der Waals surface area (Å²) in [5.41, 5.74) is 13.5. The summed E-state index contributed by atoms with van der Waals surface area (Å²) in [6.07, 6.45) is 0. The molecule has 0 aliphatic carbocycles. The molecule has 5 N–H and O–H groups in total. The van der Waals surface area contributed by atoms with E-state index in [0.717, 1.165) is 0 Å². The molecule has 7 nitrogen and oxygen atoms in total. The zero-order valence-corrected chi connectivity index (χ0v) is 22.8. The Kier molecular flexibility index (Phi) is 6.90. The molecule has 0 aromatic carbocycles. The van der Waals surface area contributed by atoms with Gasteiger partial charge < -0.3 is 0 Å². The summed E-state index contributed by atoms with van der Waals surface area (Å²) in [4.78, 5) is 4.05. The minimum absolute atomic E-state index is 0.0354. The largest absolute Gasteiger partial charge is 0.284 e. The van der Waals surface area contributed by atoms with Gasteiger partial charge in [0.05, 0.1) is 0 Å². The maximum absolute atomic E-state index is 6.69. The lowest BCUT2D eigenvalue weighted by atomic mass is 10.1. The molecule has 2 aliphatic heterocycles. The molecule has 0 spiro atoms. The number of nitrogens with one attached hydrogen (secondary N) is 1. The molecule has 160 valence electrons. The molecule has 2 rings (SSSR count). The van der Waals surface area contributed by atoms with Gasteiger partial charge in [0.25, 0.3) is 0 Å². The van der Waals surface area contributed by atoms with Crippen molar-refractivity contribution in [1.29, 1.82) is 0 Å². The highest BCUT2D eigenvalue weighted by Crippen LogP contribution is 2.83. The van der Waals surface area contributed by atoms with Crippen LogP contribution in [0.5, 0.6) is 0 Å². The molecule has 0 amide bonds. The average Bonchev–Trinajstić information content (AvgIpc) is 2.28. The van der Waals surface area contributed by atoms with E-state index < -0.39 is 33.5 Å². The molecule has 0 saturated carbocycles. The second-order valence-electron chi connectivity index (χ2n) is 11.2. The lowest BCUT2D eigenvalue weighted by Gasteiger charge is -2.68. The van der Waals surface area contributed by atoms with Gasteiger partial charge >= 0.3 is 0 Å². The van der Waals surface area contributed by atoms with Crippen molar-refractivity contribution in [3.05, 3.63) is 0 Å². The third-order valence-corrected chi connectivity index (χ3v) is 17.5. The Balaban J connectivity index is 2.36. The Morgan fingerprint density at radius 3 is 0.815 bits per heavy atom. The van der Waals surface area contributed by atoms with Crippen molar-refractivity contribution in [2.45, 2.75) is 105 Å². The summed E-state index contributed by atoms with van der Waals surface area (Å²) in [6, 6.07) is 0. The molecule has 0 unspecified atom stereocenters. The summed E-state index contributed by atoms with van der Waals surface area (Å²) < 4.78 is 10.0. The normalized spacial score (nSPS) is 33.1. The number of rotatable bonds is 2. The minimum atomic E-state index is -0.787. The van der Waals surface area contributed by atoms with Crippen LogP contribution >= 0.6 is 33.5 Å². The Morgan fingerprint density at radius 1 is 0.481 bits per heavy atom. The molecule has 27 heavy (non-hydrogen) atoms. The topological polar surface area (TPSA) is 77.0 Å². The average molecular weight is 455 g/mol. The standard InChI is InChI=1S/C16H41N7P4/c1-13(2,3)20-24(17)21(14(4,5)6)26(20)19-27-22(15(7,8)9)25(18)23(27)16(10,11)12/h19H,17-18H2,1-12H3. The number of hydrogen-bond donors (Lipinski definition) is 3. The quantitative estimate of drug-likeness (QED) is 0.452. The van der Waals surface area contributed by atoms with Crippen molar-refractivity contribution < 1.29 is 0 Å². The van der Waals surface area contributed by atoms with Gasteiger partial charge in [0, 0.05) is 22.2 Å². The van der Waals surface area contributed by atoms with Crippen LogP contribution in [-0.2, 0) is 0 Å². The van der Waals surface area contributed by atoms with Crippen molar-refractivity contribution in [1.82, 2.24) is 22.6 Å². The van der Waals surface area contributed by atoms with Crippen LogP contribution in [0, 0.1) is 0 Å². The molecule has 0 bridgehead atoms. The molecular weight excluding hydrogens is 414 g/mol. The smallest absolute Gasteiger partial charge is 0.135 e. The summed E-state index contributed by atoms with van der Waals surface area (Å²) >= 11 is 0. The molecule has 2 heterocycles. The minimum Gasteiger partial charge on any atom is -0.284 e. The van der Waals surface area contributed by atoms with E-state index in [1.165, 1.54) is 0 Å². The Labute approximate surface area is 172 Å². The fraction of sp³-hybridized carbons (Fsp3) is 1.00. The molecule has 0 aromatic heterocycles. The molecule has 0 atom stereocenters. The highest BCUT2D eigenvalue weighted by Gasteiger charge is 2.61. The maximum Gasteiger partial charge on any atom is 0.135 e. The zero-order chi connectivity index (χ0) is 21.3. The van der Waals surface area contributed by atoms with E-state index in [0.29, 0.717) is 0 Å². The first-order chi connectivity index (χ1) is 11.8. The van der Waals surface area contributed by atoms with Crippen molar-refractivity contribution in [3.8, 4) is 0 Å². The summed E-state index contributed by atoms with van der Waals surface area (Å²) in [7, 11) is -2.93. The third kappa shape index (κ3) is 4.70. The summed E-state index contributed by atoms with van der Waals surface area (Å²) in [6.45, 7) is 27.2. The molecule has 11 heteroatoms. The van der Waals surface area contributed by atoms with Gasteiger partial charge in [0.2, 0.25) is 0 Å². The molecule has 2 fully saturated rings. The van der Waals surface area contributed by atoms with Crippen molar-refractivity contribution in [2.24, 2.45) is 11.0 Å². The fourth-order valence-corrected chi connectivity index (χ4v) is 15.7. The molecule has 2 aliphatic rings. The van der Waals surface area contributed by atoms with Crippen LogP contribution in [0.25, 0.3) is 0 Å². The van der Waals surface area contributed by atoms with Crippen LogP contribution < -0.4 is 15.9 Å². The van der Waals surface area contributed by atoms with E-state index in [1.807, 2.05) is 0 Å². The van der Waals surface area contributed by atoms with Gasteiger partial charge in [-0.1, -0.05) is 0 Å². The Hall–Kier alpha value is 1.44. The first kappa shape index (κ1) is 24.7. The fourth-order valence-electron chi connectivity index (χ4n) is 3.22. The Morgan fingerprint density at radius 2 is 0.667 bits per heavy atom. The first-order valence-electron chi connectivity index (χ1n) is 9.46. The van der Waals surface area contributed by atoms with Gasteiger partial charge in [0.1, 0.15) is 33.5 Å². The van der Waals surface area contributed by atoms with E-state index in [4.69, 9.17) is 11.0 Å². The van der Waals surface area contributed by atoms with E-state index >= 15 is 0 Å². The van der Waals surface area contributed by atoms with Gasteiger partial charge in [-0.25, -0.2) is 22.6 Å². The predicted molar refractivity (Wildman–Crippen MR) is 126 cm³/mol. The van der Waals surface area contributed by atoms with Crippen LogP contribution in [0.15, 0.2) is 0 Å². The summed E-state index contributed by atoms with van der Waals surface area (Å²) in [5.74, 6) is 0. The molecule has 2 saturated heterocycles. The summed E-state index contributed by atoms with van der Waals surface area (Å²) in [5, 5.41) is 0. The lowest BCUT2D eigenvalue weighted by Crippen LogP contribution is -2.61. The predicted octanol–water partition coefficient (Wildman–Crippen LogP) is 5.83. The number of nitrogens with two attached hydrogens (primary N) is 2. The van der Waals surface area contributed by atoms with Crippen molar-refractivity contribution in [2.75, 3.05) is 0 Å². The van der Waals surface area contributed by atoms with Crippen LogP contribution in [0.3, 0.4) is 0 Å². The van der Waals surface area contributed by atoms with Gasteiger partial charge in [-0.2, -0.15) is 0 Å². The van der Waals surface area contributed by atoms with Crippen LogP contribution in [0.1, 0.15) is 83.1 Å². The van der Waals surface area contributed by atoms with Gasteiger partial charge in [-0.15, -0.1) is 0 Å². The van der Waals surface area contributed by atoms with Gasteiger partial charge in [-0.3, -0.25) is 11.0 Å². The van der Waals surface area contributed by atoms with Crippen molar-refractivity contribution >= 4 is 33.5 Å². The van der Waals surface area contributed by atoms with Crippen LogP contribution in [0.2, 0.25) is 0 Å². The maximum atomic E-state index is 6.69.